The van der Waals surface area contributed by atoms with Gasteiger partial charge in [0.15, 0.2) is 23.1 Å². The van der Waals surface area contributed by atoms with Crippen molar-refractivity contribution in [3.05, 3.63) is 36.3 Å². The van der Waals surface area contributed by atoms with Crippen LogP contribution in [-0.2, 0) is 7.05 Å². The summed E-state index contributed by atoms with van der Waals surface area (Å²) in [5.74, 6) is -0.179. The highest BCUT2D eigenvalue weighted by Gasteiger charge is 2.19. The Bertz CT molecular complexity index is 1200. The zero-order chi connectivity index (χ0) is 24.9. The highest BCUT2D eigenvalue weighted by atomic mass is 16.5. The third-order valence-electron chi connectivity index (χ3n) is 4.03. The first-order valence-electron chi connectivity index (χ1n) is 10.7. The number of benzene rings is 1. The Kier molecular flexibility index (Phi) is 5.41. The van der Waals surface area contributed by atoms with Gasteiger partial charge in [0.2, 0.25) is 0 Å². The molecule has 0 aliphatic carbocycles. The van der Waals surface area contributed by atoms with Crippen LogP contribution in [0.5, 0.6) is 5.75 Å². The minimum atomic E-state index is -2.74. The molecule has 3 rings (SSSR count). The van der Waals surface area contributed by atoms with E-state index in [0.717, 1.165) is 0 Å². The van der Waals surface area contributed by atoms with Gasteiger partial charge in [-0.1, -0.05) is 6.07 Å². The van der Waals surface area contributed by atoms with Gasteiger partial charge in [0.25, 0.3) is 5.91 Å². The first-order chi connectivity index (χ1) is 16.1. The van der Waals surface area contributed by atoms with Crippen LogP contribution in [0.2, 0.25) is 0 Å². The predicted octanol–water partition coefficient (Wildman–Crippen LogP) is 1.53. The normalized spacial score (nSPS) is 12.2. The van der Waals surface area contributed by atoms with Crippen LogP contribution in [0.15, 0.2) is 30.6 Å². The fraction of sp³-hybridized carbons (Fsp3) is 0.263. The number of ether oxygens (including phenoxy) is 1. The van der Waals surface area contributed by atoms with E-state index in [2.05, 4.69) is 36.2 Å². The SMILES string of the molecule is [2H]C([2H])([2H])NC(=O)c1nnc(NC(=O)NCC)cc1Nc1cccc(-c2ncn(C)n2)c1OC. The van der Waals surface area contributed by atoms with Gasteiger partial charge in [0.1, 0.15) is 6.33 Å². The summed E-state index contributed by atoms with van der Waals surface area (Å²) in [5, 5.41) is 21.8. The number of nitrogens with zero attached hydrogens (tertiary/aromatic N) is 5. The lowest BCUT2D eigenvalue weighted by Gasteiger charge is -2.16. The number of carbonyl (C=O) groups is 2. The number of carbonyl (C=O) groups excluding carboxylic acids is 2. The number of amides is 3. The molecule has 0 bridgehead atoms. The second kappa shape index (κ2) is 9.52. The maximum Gasteiger partial charge on any atom is 0.320 e. The predicted molar refractivity (Wildman–Crippen MR) is 114 cm³/mol. The van der Waals surface area contributed by atoms with Crippen LogP contribution in [0.1, 0.15) is 21.5 Å². The third kappa shape index (κ3) is 4.86. The molecule has 162 valence electrons. The average molecular weight is 428 g/mol. The molecule has 12 heteroatoms. The fourth-order valence-corrected chi connectivity index (χ4v) is 2.74. The van der Waals surface area contributed by atoms with E-state index in [4.69, 9.17) is 8.85 Å². The summed E-state index contributed by atoms with van der Waals surface area (Å²) in [6, 6.07) is 5.98. The summed E-state index contributed by atoms with van der Waals surface area (Å²) >= 11 is 0. The van der Waals surface area contributed by atoms with Crippen molar-refractivity contribution in [2.45, 2.75) is 6.92 Å². The van der Waals surface area contributed by atoms with Crippen LogP contribution >= 0.6 is 0 Å². The van der Waals surface area contributed by atoms with Crippen molar-refractivity contribution < 1.29 is 18.4 Å². The topological polar surface area (TPSA) is 148 Å². The molecule has 0 saturated heterocycles. The van der Waals surface area contributed by atoms with Crippen LogP contribution in [0.3, 0.4) is 0 Å². The molecule has 3 aromatic rings. The molecule has 31 heavy (non-hydrogen) atoms. The van der Waals surface area contributed by atoms with Gasteiger partial charge >= 0.3 is 6.03 Å². The lowest BCUT2D eigenvalue weighted by atomic mass is 10.1. The van der Waals surface area contributed by atoms with Crippen molar-refractivity contribution >= 4 is 29.1 Å². The molecule has 0 aliphatic heterocycles. The zero-order valence-electron chi connectivity index (χ0n) is 20.1. The molecule has 2 aromatic heterocycles. The molecule has 2 heterocycles. The van der Waals surface area contributed by atoms with Gasteiger partial charge in [-0.2, -0.15) is 5.10 Å². The summed E-state index contributed by atoms with van der Waals surface area (Å²) < 4.78 is 29.0. The maximum atomic E-state index is 12.6. The van der Waals surface area contributed by atoms with E-state index in [1.165, 1.54) is 24.2 Å². The van der Waals surface area contributed by atoms with E-state index in [1.807, 2.05) is 5.32 Å². The molecule has 4 N–H and O–H groups in total. The Hall–Kier alpha value is -4.22. The van der Waals surface area contributed by atoms with E-state index < -0.39 is 18.9 Å². The molecule has 0 aliphatic rings. The van der Waals surface area contributed by atoms with Crippen molar-refractivity contribution in [1.82, 2.24) is 35.6 Å². The van der Waals surface area contributed by atoms with E-state index in [1.54, 1.807) is 32.2 Å². The molecule has 0 fully saturated rings. The minimum Gasteiger partial charge on any atom is -0.494 e. The van der Waals surface area contributed by atoms with E-state index in [9.17, 15) is 9.59 Å². The van der Waals surface area contributed by atoms with Gasteiger partial charge in [-0.25, -0.2) is 9.78 Å². The molecular formula is C19H23N9O3. The highest BCUT2D eigenvalue weighted by molar-refractivity contribution is 5.99. The van der Waals surface area contributed by atoms with Gasteiger partial charge in [0, 0.05) is 30.7 Å². The van der Waals surface area contributed by atoms with Crippen LogP contribution in [0.4, 0.5) is 22.0 Å². The van der Waals surface area contributed by atoms with Crippen molar-refractivity contribution in [2.24, 2.45) is 7.05 Å². The number of nitrogens with one attached hydrogen (secondary N) is 4. The quantitative estimate of drug-likeness (QED) is 0.443. The summed E-state index contributed by atoms with van der Waals surface area (Å²) in [4.78, 5) is 28.7. The number of hydrogen-bond donors (Lipinski definition) is 4. The molecule has 0 spiro atoms. The molecule has 0 atom stereocenters. The maximum absolute atomic E-state index is 12.6. The molecule has 0 radical (unpaired) electrons. The van der Waals surface area contributed by atoms with Crippen molar-refractivity contribution in [3.63, 3.8) is 0 Å². The third-order valence-corrected chi connectivity index (χ3v) is 4.03. The highest BCUT2D eigenvalue weighted by Crippen LogP contribution is 2.37. The Morgan fingerprint density at radius 3 is 2.77 bits per heavy atom. The number of rotatable bonds is 7. The van der Waals surface area contributed by atoms with Gasteiger partial charge < -0.3 is 20.7 Å². The summed E-state index contributed by atoms with van der Waals surface area (Å²) in [6.07, 6.45) is 1.54. The average Bonchev–Trinajstić information content (AvgIpc) is 3.18. The smallest absolute Gasteiger partial charge is 0.320 e. The van der Waals surface area contributed by atoms with Gasteiger partial charge in [-0.15, -0.1) is 10.2 Å². The molecule has 0 unspecified atom stereocenters. The van der Waals surface area contributed by atoms with Crippen LogP contribution in [0.25, 0.3) is 11.4 Å². The number of anilines is 3. The number of urea groups is 1. The van der Waals surface area contributed by atoms with Gasteiger partial charge in [-0.05, 0) is 19.1 Å². The van der Waals surface area contributed by atoms with Crippen molar-refractivity contribution in [1.29, 1.82) is 0 Å². The first-order valence-corrected chi connectivity index (χ1v) is 9.16. The standard InChI is InChI=1S/C19H23N9O3/c1-5-21-19(30)24-14-9-13(15(26-25-14)18(29)20-2)23-12-8-6-7-11(16(12)31-4)17-22-10-28(3)27-17/h6-10H,5H2,1-4H3,(H,20,29)(H3,21,23,24,25,30)/i2D3. The summed E-state index contributed by atoms with van der Waals surface area (Å²) in [5.41, 5.74) is 0.755. The minimum absolute atomic E-state index is 0.0281. The largest absolute Gasteiger partial charge is 0.494 e. The number of methoxy groups -OCH3 is 1. The summed E-state index contributed by atoms with van der Waals surface area (Å²) in [7, 11) is 3.19. The lowest BCUT2D eigenvalue weighted by Crippen LogP contribution is -2.29. The molecular weight excluding hydrogens is 402 g/mol. The zero-order valence-corrected chi connectivity index (χ0v) is 17.1. The Labute approximate surface area is 182 Å². The molecule has 12 nitrogen and oxygen atoms in total. The van der Waals surface area contributed by atoms with Gasteiger partial charge in [0.05, 0.1) is 24.0 Å². The first kappa shape index (κ1) is 17.6. The Morgan fingerprint density at radius 2 is 2.10 bits per heavy atom. The Morgan fingerprint density at radius 1 is 1.26 bits per heavy atom. The monoisotopic (exact) mass is 428 g/mol. The number of aromatic nitrogens is 5. The van der Waals surface area contributed by atoms with Crippen molar-refractivity contribution in [3.8, 4) is 17.1 Å². The van der Waals surface area contributed by atoms with Crippen LogP contribution in [0, 0.1) is 0 Å². The summed E-state index contributed by atoms with van der Waals surface area (Å²) in [6.45, 7) is -0.610. The van der Waals surface area contributed by atoms with Gasteiger partial charge in [-0.3, -0.25) is 14.8 Å². The molecule has 1 aromatic carbocycles. The van der Waals surface area contributed by atoms with E-state index >= 15 is 0 Å². The number of para-hydroxylation sites is 1. The fourth-order valence-electron chi connectivity index (χ4n) is 2.74. The van der Waals surface area contributed by atoms with Crippen LogP contribution < -0.4 is 26.0 Å². The van der Waals surface area contributed by atoms with Crippen LogP contribution in [-0.4, -0.2) is 57.5 Å². The van der Waals surface area contributed by atoms with E-state index in [0.29, 0.717) is 29.4 Å². The molecule has 3 amide bonds. The Balaban J connectivity index is 2.04. The number of aryl methyl sites for hydroxylation is 1. The number of hydrogen-bond acceptors (Lipinski definition) is 8. The van der Waals surface area contributed by atoms with E-state index in [-0.39, 0.29) is 17.2 Å². The van der Waals surface area contributed by atoms with Crippen molar-refractivity contribution in [2.75, 3.05) is 31.3 Å². The lowest BCUT2D eigenvalue weighted by molar-refractivity contribution is 0.0958. The molecule has 0 saturated carbocycles. The second-order valence-electron chi connectivity index (χ2n) is 6.18. The second-order valence-corrected chi connectivity index (χ2v) is 6.18.